The Bertz CT molecular complexity index is 839. The molecule has 0 spiro atoms. The third-order valence-corrected chi connectivity index (χ3v) is 5.23. The summed E-state index contributed by atoms with van der Waals surface area (Å²) in [4.78, 5) is 30.6. The zero-order valence-electron chi connectivity index (χ0n) is 16.5. The molecule has 1 aromatic heterocycles. The number of halogens is 2. The summed E-state index contributed by atoms with van der Waals surface area (Å²) in [6.07, 6.45) is 1.45. The summed E-state index contributed by atoms with van der Waals surface area (Å²) >= 11 is 0. The van der Waals surface area contributed by atoms with Crippen molar-refractivity contribution in [2.24, 2.45) is 18.7 Å². The highest BCUT2D eigenvalue weighted by Crippen LogP contribution is 2.18. The summed E-state index contributed by atoms with van der Waals surface area (Å²) in [5.74, 6) is 0.687. The summed E-state index contributed by atoms with van der Waals surface area (Å²) in [5.41, 5.74) is 9.04. The molecule has 3 N–H and O–H groups in total. The molecule has 1 aliphatic heterocycles. The number of fused-ring (bicyclic) bond motifs is 1. The average molecular weight is 430 g/mol. The van der Waals surface area contributed by atoms with Gasteiger partial charge in [-0.3, -0.25) is 9.59 Å². The molecule has 28 heavy (non-hydrogen) atoms. The molecule has 0 saturated carbocycles. The summed E-state index contributed by atoms with van der Waals surface area (Å²) in [5, 5.41) is 3.00. The van der Waals surface area contributed by atoms with Gasteiger partial charge in [-0.05, 0) is 37.5 Å². The number of rotatable bonds is 3. The molecule has 1 aliphatic rings. The van der Waals surface area contributed by atoms with Crippen LogP contribution in [0, 0.1) is 12.8 Å². The molecule has 1 saturated heterocycles. The van der Waals surface area contributed by atoms with Crippen LogP contribution in [-0.2, 0) is 23.2 Å². The molecule has 2 atom stereocenters. The van der Waals surface area contributed by atoms with Gasteiger partial charge in [0.15, 0.2) is 0 Å². The van der Waals surface area contributed by atoms with E-state index in [1.165, 1.54) is 6.92 Å². The molecular formula is C19H29Cl2N5O2. The number of imidazole rings is 1. The first-order valence-electron chi connectivity index (χ1n) is 9.06. The number of carbonyl (C=O) groups excluding carboxylic acids is 2. The first kappa shape index (κ1) is 24.2. The van der Waals surface area contributed by atoms with E-state index in [2.05, 4.69) is 10.3 Å². The Morgan fingerprint density at radius 2 is 1.96 bits per heavy atom. The second kappa shape index (κ2) is 10.1. The number of hydrogen-bond acceptors (Lipinski definition) is 4. The topological polar surface area (TPSA) is 93.2 Å². The Labute approximate surface area is 177 Å². The SMILES string of the molecule is CC(=O)N1C[C@@H](N)CC[C@@H](C(=O)NCc2ccc3c(c2)nc(C)n3C)C1.Cl.Cl. The summed E-state index contributed by atoms with van der Waals surface area (Å²) < 4.78 is 2.04. The lowest BCUT2D eigenvalue weighted by Gasteiger charge is -2.23. The molecule has 0 aliphatic carbocycles. The highest BCUT2D eigenvalue weighted by atomic mass is 35.5. The van der Waals surface area contributed by atoms with Crippen molar-refractivity contribution in [1.82, 2.24) is 19.8 Å². The van der Waals surface area contributed by atoms with E-state index in [9.17, 15) is 9.59 Å². The molecule has 3 rings (SSSR count). The van der Waals surface area contributed by atoms with Gasteiger partial charge in [-0.15, -0.1) is 24.8 Å². The van der Waals surface area contributed by atoms with Crippen molar-refractivity contribution in [2.45, 2.75) is 39.3 Å². The molecule has 2 amide bonds. The molecule has 156 valence electrons. The number of likely N-dealkylation sites (tertiary alicyclic amines) is 1. The minimum absolute atomic E-state index is 0. The van der Waals surface area contributed by atoms with Crippen molar-refractivity contribution in [3.63, 3.8) is 0 Å². The zero-order valence-corrected chi connectivity index (χ0v) is 18.1. The smallest absolute Gasteiger partial charge is 0.225 e. The third kappa shape index (κ3) is 5.37. The van der Waals surface area contributed by atoms with Crippen molar-refractivity contribution in [3.8, 4) is 0 Å². The Hall–Kier alpha value is -1.83. The van der Waals surface area contributed by atoms with E-state index in [0.717, 1.165) is 28.8 Å². The molecule has 1 aromatic carbocycles. The summed E-state index contributed by atoms with van der Waals surface area (Å²) in [6.45, 7) is 4.91. The molecule has 0 unspecified atom stereocenters. The van der Waals surface area contributed by atoms with E-state index in [4.69, 9.17) is 5.73 Å². The predicted octanol–water partition coefficient (Wildman–Crippen LogP) is 1.93. The normalized spacial score (nSPS) is 19.4. The van der Waals surface area contributed by atoms with Gasteiger partial charge in [0.25, 0.3) is 0 Å². The monoisotopic (exact) mass is 429 g/mol. The van der Waals surface area contributed by atoms with Crippen molar-refractivity contribution in [3.05, 3.63) is 29.6 Å². The van der Waals surface area contributed by atoms with Crippen LogP contribution in [0.3, 0.4) is 0 Å². The van der Waals surface area contributed by atoms with Gasteiger partial charge in [0.05, 0.1) is 17.0 Å². The molecular weight excluding hydrogens is 401 g/mol. The fraction of sp³-hybridized carbons (Fsp3) is 0.526. The van der Waals surface area contributed by atoms with Gasteiger partial charge in [-0.2, -0.15) is 0 Å². The maximum Gasteiger partial charge on any atom is 0.225 e. The molecule has 0 radical (unpaired) electrons. The average Bonchev–Trinajstić information content (AvgIpc) is 2.77. The first-order chi connectivity index (χ1) is 12.3. The standard InChI is InChI=1S/C19H27N5O2.2ClH/c1-12-22-17-8-14(4-7-18(17)23(12)3)9-21-19(26)15-5-6-16(20)11-24(10-15)13(2)25;;/h4,7-8,15-16H,5-6,9-11,20H2,1-3H3,(H,21,26);2*1H/t15-,16+;;/m1../s1. The Morgan fingerprint density at radius 1 is 1.25 bits per heavy atom. The fourth-order valence-electron chi connectivity index (χ4n) is 3.50. The van der Waals surface area contributed by atoms with Gasteiger partial charge in [-0.25, -0.2) is 4.98 Å². The number of nitrogens with one attached hydrogen (secondary N) is 1. The van der Waals surface area contributed by atoms with Crippen LogP contribution in [0.1, 0.15) is 31.2 Å². The number of nitrogens with two attached hydrogens (primary N) is 1. The predicted molar refractivity (Wildman–Crippen MR) is 115 cm³/mol. The molecule has 2 aromatic rings. The van der Waals surface area contributed by atoms with Gasteiger partial charge in [-0.1, -0.05) is 6.07 Å². The number of aryl methyl sites for hydroxylation is 2. The number of benzene rings is 1. The third-order valence-electron chi connectivity index (χ3n) is 5.23. The van der Waals surface area contributed by atoms with Crippen LogP contribution < -0.4 is 11.1 Å². The maximum atomic E-state index is 12.6. The number of aromatic nitrogens is 2. The quantitative estimate of drug-likeness (QED) is 0.778. The maximum absolute atomic E-state index is 12.6. The highest BCUT2D eigenvalue weighted by molar-refractivity contribution is 5.85. The van der Waals surface area contributed by atoms with Gasteiger partial charge in [0.2, 0.25) is 11.8 Å². The van der Waals surface area contributed by atoms with Crippen LogP contribution >= 0.6 is 24.8 Å². The molecule has 2 heterocycles. The molecule has 0 bridgehead atoms. The molecule has 7 nitrogen and oxygen atoms in total. The lowest BCUT2D eigenvalue weighted by Crippen LogP contribution is -2.42. The summed E-state index contributed by atoms with van der Waals surface area (Å²) in [7, 11) is 1.99. The number of carbonyl (C=O) groups is 2. The highest BCUT2D eigenvalue weighted by Gasteiger charge is 2.28. The van der Waals surface area contributed by atoms with Crippen molar-refractivity contribution < 1.29 is 9.59 Å². The number of amides is 2. The van der Waals surface area contributed by atoms with Crippen LogP contribution in [0.25, 0.3) is 11.0 Å². The number of nitrogens with zero attached hydrogens (tertiary/aromatic N) is 3. The van der Waals surface area contributed by atoms with Gasteiger partial charge >= 0.3 is 0 Å². The Morgan fingerprint density at radius 3 is 2.64 bits per heavy atom. The van der Waals surface area contributed by atoms with E-state index in [1.54, 1.807) is 4.90 Å². The van der Waals surface area contributed by atoms with Crippen LogP contribution in [0.5, 0.6) is 0 Å². The van der Waals surface area contributed by atoms with E-state index >= 15 is 0 Å². The van der Waals surface area contributed by atoms with E-state index in [-0.39, 0.29) is 48.6 Å². The van der Waals surface area contributed by atoms with E-state index in [0.29, 0.717) is 26.1 Å². The minimum atomic E-state index is -0.215. The largest absolute Gasteiger partial charge is 0.352 e. The van der Waals surface area contributed by atoms with Crippen LogP contribution in [0.15, 0.2) is 18.2 Å². The zero-order chi connectivity index (χ0) is 18.8. The lowest BCUT2D eigenvalue weighted by molar-refractivity contribution is -0.131. The lowest BCUT2D eigenvalue weighted by atomic mass is 10.0. The van der Waals surface area contributed by atoms with Crippen molar-refractivity contribution in [2.75, 3.05) is 13.1 Å². The van der Waals surface area contributed by atoms with Crippen LogP contribution in [0.2, 0.25) is 0 Å². The van der Waals surface area contributed by atoms with Crippen molar-refractivity contribution in [1.29, 1.82) is 0 Å². The van der Waals surface area contributed by atoms with Crippen LogP contribution in [0.4, 0.5) is 0 Å². The fourth-order valence-corrected chi connectivity index (χ4v) is 3.50. The van der Waals surface area contributed by atoms with Gasteiger partial charge < -0.3 is 20.5 Å². The first-order valence-corrected chi connectivity index (χ1v) is 9.06. The second-order valence-corrected chi connectivity index (χ2v) is 7.22. The Kier molecular flexibility index (Phi) is 8.73. The second-order valence-electron chi connectivity index (χ2n) is 7.22. The Balaban J connectivity index is 0.00000196. The van der Waals surface area contributed by atoms with Gasteiger partial charge in [0.1, 0.15) is 5.82 Å². The molecule has 9 heteroatoms. The summed E-state index contributed by atoms with van der Waals surface area (Å²) in [6, 6.07) is 5.98. The number of hydrogen-bond donors (Lipinski definition) is 2. The van der Waals surface area contributed by atoms with Crippen molar-refractivity contribution >= 4 is 47.7 Å². The molecule has 1 fully saturated rings. The van der Waals surface area contributed by atoms with Crippen LogP contribution in [-0.4, -0.2) is 45.4 Å². The van der Waals surface area contributed by atoms with E-state index in [1.807, 2.05) is 36.7 Å². The van der Waals surface area contributed by atoms with E-state index < -0.39 is 0 Å². The van der Waals surface area contributed by atoms with Gasteiger partial charge in [0, 0.05) is 39.6 Å². The minimum Gasteiger partial charge on any atom is -0.352 e.